The summed E-state index contributed by atoms with van der Waals surface area (Å²) in [6.07, 6.45) is 0.710. The SMILES string of the molecule is COC(=O)[C@@H]1C[C@H](NC(=O)Cc2ccc(F)cc2)CN1. The third-order valence-electron chi connectivity index (χ3n) is 3.26. The molecule has 5 nitrogen and oxygen atoms in total. The van der Waals surface area contributed by atoms with Gasteiger partial charge in [0.1, 0.15) is 11.9 Å². The fourth-order valence-corrected chi connectivity index (χ4v) is 2.23. The van der Waals surface area contributed by atoms with Gasteiger partial charge in [0.2, 0.25) is 5.91 Å². The van der Waals surface area contributed by atoms with Crippen molar-refractivity contribution in [3.63, 3.8) is 0 Å². The molecule has 6 heteroatoms. The molecule has 2 atom stereocenters. The van der Waals surface area contributed by atoms with Gasteiger partial charge in [0.05, 0.1) is 13.5 Å². The van der Waals surface area contributed by atoms with Gasteiger partial charge in [0.25, 0.3) is 0 Å². The minimum Gasteiger partial charge on any atom is -0.468 e. The number of nitrogens with one attached hydrogen (secondary N) is 2. The quantitative estimate of drug-likeness (QED) is 0.783. The number of benzene rings is 1. The van der Waals surface area contributed by atoms with Crippen LogP contribution in [0.2, 0.25) is 0 Å². The van der Waals surface area contributed by atoms with E-state index in [1.54, 1.807) is 12.1 Å². The molecule has 0 radical (unpaired) electrons. The summed E-state index contributed by atoms with van der Waals surface area (Å²) in [5.41, 5.74) is 0.749. The van der Waals surface area contributed by atoms with Crippen LogP contribution in [0, 0.1) is 5.82 Å². The molecule has 108 valence electrons. The van der Waals surface area contributed by atoms with Crippen LogP contribution in [0.25, 0.3) is 0 Å². The molecule has 1 saturated heterocycles. The number of carbonyl (C=O) groups is 2. The molecular formula is C14H17FN2O3. The molecule has 1 aliphatic rings. The third-order valence-corrected chi connectivity index (χ3v) is 3.26. The fourth-order valence-electron chi connectivity index (χ4n) is 2.23. The summed E-state index contributed by atoms with van der Waals surface area (Å²) in [7, 11) is 1.34. The number of hydrogen-bond donors (Lipinski definition) is 2. The molecular weight excluding hydrogens is 263 g/mol. The highest BCUT2D eigenvalue weighted by Crippen LogP contribution is 2.09. The Balaban J connectivity index is 1.81. The molecule has 1 aliphatic heterocycles. The summed E-state index contributed by atoms with van der Waals surface area (Å²) < 4.78 is 17.4. The van der Waals surface area contributed by atoms with Gasteiger partial charge in [-0.25, -0.2) is 4.39 Å². The van der Waals surface area contributed by atoms with Crippen LogP contribution in [0.4, 0.5) is 4.39 Å². The highest BCUT2D eigenvalue weighted by atomic mass is 19.1. The topological polar surface area (TPSA) is 67.4 Å². The highest BCUT2D eigenvalue weighted by molar-refractivity contribution is 5.80. The van der Waals surface area contributed by atoms with Gasteiger partial charge in [-0.05, 0) is 24.1 Å². The Morgan fingerprint density at radius 2 is 2.10 bits per heavy atom. The molecule has 0 aromatic heterocycles. The zero-order chi connectivity index (χ0) is 14.5. The lowest BCUT2D eigenvalue weighted by Gasteiger charge is -2.11. The van der Waals surface area contributed by atoms with Crippen LogP contribution >= 0.6 is 0 Å². The van der Waals surface area contributed by atoms with Crippen molar-refractivity contribution in [2.45, 2.75) is 24.9 Å². The average Bonchev–Trinajstić information content (AvgIpc) is 2.89. The Labute approximate surface area is 116 Å². The van der Waals surface area contributed by atoms with Crippen LogP contribution in [0.5, 0.6) is 0 Å². The van der Waals surface area contributed by atoms with Gasteiger partial charge in [-0.3, -0.25) is 9.59 Å². The summed E-state index contributed by atoms with van der Waals surface area (Å²) in [5.74, 6) is -0.788. The van der Waals surface area contributed by atoms with E-state index in [0.717, 1.165) is 5.56 Å². The van der Waals surface area contributed by atoms with E-state index in [1.807, 2.05) is 0 Å². The summed E-state index contributed by atoms with van der Waals surface area (Å²) in [6, 6.07) is 5.36. The molecule has 20 heavy (non-hydrogen) atoms. The van der Waals surface area contributed by atoms with Crippen molar-refractivity contribution >= 4 is 11.9 Å². The van der Waals surface area contributed by atoms with Gasteiger partial charge < -0.3 is 15.4 Å². The van der Waals surface area contributed by atoms with Crippen LogP contribution < -0.4 is 10.6 Å². The Hall–Kier alpha value is -1.95. The van der Waals surface area contributed by atoms with E-state index in [1.165, 1.54) is 19.2 Å². The number of carbonyl (C=O) groups excluding carboxylic acids is 2. The van der Waals surface area contributed by atoms with Crippen molar-refractivity contribution in [1.29, 1.82) is 0 Å². The smallest absolute Gasteiger partial charge is 0.322 e. The van der Waals surface area contributed by atoms with Crippen LogP contribution in [0.1, 0.15) is 12.0 Å². The largest absolute Gasteiger partial charge is 0.468 e. The van der Waals surface area contributed by atoms with Gasteiger partial charge >= 0.3 is 5.97 Å². The summed E-state index contributed by atoms with van der Waals surface area (Å²) >= 11 is 0. The Morgan fingerprint density at radius 1 is 1.40 bits per heavy atom. The van der Waals surface area contributed by atoms with Crippen molar-refractivity contribution in [2.24, 2.45) is 0 Å². The number of hydrogen-bond acceptors (Lipinski definition) is 4. The van der Waals surface area contributed by atoms with E-state index < -0.39 is 0 Å². The first-order valence-electron chi connectivity index (χ1n) is 6.43. The van der Waals surface area contributed by atoms with E-state index in [-0.39, 0.29) is 36.2 Å². The number of methoxy groups -OCH3 is 1. The molecule has 1 fully saturated rings. The maximum absolute atomic E-state index is 12.8. The molecule has 1 amide bonds. The maximum atomic E-state index is 12.8. The van der Waals surface area contributed by atoms with E-state index in [0.29, 0.717) is 13.0 Å². The van der Waals surface area contributed by atoms with E-state index in [4.69, 9.17) is 0 Å². The summed E-state index contributed by atoms with van der Waals surface area (Å²) in [5, 5.41) is 5.84. The first-order chi connectivity index (χ1) is 9.58. The zero-order valence-electron chi connectivity index (χ0n) is 11.2. The van der Waals surface area contributed by atoms with Crippen molar-refractivity contribution < 1.29 is 18.7 Å². The molecule has 2 N–H and O–H groups in total. The van der Waals surface area contributed by atoms with E-state index in [9.17, 15) is 14.0 Å². The number of amides is 1. The fraction of sp³-hybridized carbons (Fsp3) is 0.429. The van der Waals surface area contributed by atoms with Gasteiger partial charge in [-0.2, -0.15) is 0 Å². The zero-order valence-corrected chi connectivity index (χ0v) is 11.2. The van der Waals surface area contributed by atoms with Crippen LogP contribution in [-0.4, -0.2) is 37.6 Å². The lowest BCUT2D eigenvalue weighted by molar-refractivity contribution is -0.142. The predicted molar refractivity (Wildman–Crippen MR) is 70.5 cm³/mol. The standard InChI is InChI=1S/C14H17FN2O3/c1-20-14(19)12-7-11(8-16-12)17-13(18)6-9-2-4-10(15)5-3-9/h2-5,11-12,16H,6-8H2,1H3,(H,17,18)/t11-,12-/m0/s1. The molecule has 0 spiro atoms. The molecule has 2 rings (SSSR count). The highest BCUT2D eigenvalue weighted by Gasteiger charge is 2.30. The monoisotopic (exact) mass is 280 g/mol. The third kappa shape index (κ3) is 3.77. The number of rotatable bonds is 4. The number of halogens is 1. The minimum atomic E-state index is -0.365. The first-order valence-corrected chi connectivity index (χ1v) is 6.43. The molecule has 0 bridgehead atoms. The molecule has 0 aliphatic carbocycles. The van der Waals surface area contributed by atoms with E-state index in [2.05, 4.69) is 15.4 Å². The minimum absolute atomic E-state index is 0.0907. The van der Waals surface area contributed by atoms with Crippen LogP contribution in [0.3, 0.4) is 0 Å². The van der Waals surface area contributed by atoms with Crippen molar-refractivity contribution in [3.8, 4) is 0 Å². The maximum Gasteiger partial charge on any atom is 0.322 e. The van der Waals surface area contributed by atoms with Crippen molar-refractivity contribution in [3.05, 3.63) is 35.6 Å². The van der Waals surface area contributed by atoms with Crippen LogP contribution in [-0.2, 0) is 20.7 Å². The van der Waals surface area contributed by atoms with Gasteiger partial charge in [0, 0.05) is 12.6 Å². The van der Waals surface area contributed by atoms with Gasteiger partial charge in [-0.1, -0.05) is 12.1 Å². The van der Waals surface area contributed by atoms with E-state index >= 15 is 0 Å². The predicted octanol–water partition coefficient (Wildman–Crippen LogP) is 0.388. The first kappa shape index (κ1) is 14.5. The Bertz CT molecular complexity index is 490. The van der Waals surface area contributed by atoms with Gasteiger partial charge in [0.15, 0.2) is 0 Å². The second kappa shape index (κ2) is 6.47. The number of esters is 1. The molecule has 0 saturated carbocycles. The van der Waals surface area contributed by atoms with Crippen LogP contribution in [0.15, 0.2) is 24.3 Å². The van der Waals surface area contributed by atoms with Crippen molar-refractivity contribution in [1.82, 2.24) is 10.6 Å². The Morgan fingerprint density at radius 3 is 2.75 bits per heavy atom. The molecule has 1 aromatic rings. The lowest BCUT2D eigenvalue weighted by atomic mass is 10.1. The molecule has 1 aromatic carbocycles. The average molecular weight is 280 g/mol. The van der Waals surface area contributed by atoms with Gasteiger partial charge in [-0.15, -0.1) is 0 Å². The molecule has 0 unspecified atom stereocenters. The summed E-state index contributed by atoms with van der Waals surface area (Å²) in [4.78, 5) is 23.2. The molecule has 1 heterocycles. The van der Waals surface area contributed by atoms with Crippen molar-refractivity contribution in [2.75, 3.05) is 13.7 Å². The Kier molecular flexibility index (Phi) is 4.68. The summed E-state index contributed by atoms with van der Waals surface area (Å²) in [6.45, 7) is 0.537. The number of ether oxygens (including phenoxy) is 1. The second-order valence-electron chi connectivity index (χ2n) is 4.79. The normalized spacial score (nSPS) is 21.5. The second-order valence-corrected chi connectivity index (χ2v) is 4.79. The lowest BCUT2D eigenvalue weighted by Crippen LogP contribution is -2.37.